The van der Waals surface area contributed by atoms with Crippen LogP contribution in [0.4, 0.5) is 5.69 Å². The molecule has 0 atom stereocenters. The van der Waals surface area contributed by atoms with E-state index in [9.17, 15) is 9.90 Å². The van der Waals surface area contributed by atoms with Gasteiger partial charge in [-0.15, -0.1) is 0 Å². The van der Waals surface area contributed by atoms with Crippen LogP contribution in [0.3, 0.4) is 0 Å². The Balaban J connectivity index is 2.56. The van der Waals surface area contributed by atoms with Crippen molar-refractivity contribution in [3.8, 4) is 0 Å². The van der Waals surface area contributed by atoms with Crippen molar-refractivity contribution in [1.82, 2.24) is 0 Å². The summed E-state index contributed by atoms with van der Waals surface area (Å²) in [6.07, 6.45) is 0. The van der Waals surface area contributed by atoms with Crippen LogP contribution >= 0.6 is 0 Å². The summed E-state index contributed by atoms with van der Waals surface area (Å²) < 4.78 is 0. The molecule has 0 amide bonds. The molecule has 14 heavy (non-hydrogen) atoms. The van der Waals surface area contributed by atoms with Crippen LogP contribution in [0.2, 0.25) is 0 Å². The first-order valence-corrected chi connectivity index (χ1v) is 4.19. The molecule has 4 nitrogen and oxygen atoms in total. The molecule has 0 radical (unpaired) electrons. The minimum Gasteiger partial charge on any atom is -0.507 e. The molecule has 2 rings (SSSR count). The van der Waals surface area contributed by atoms with Gasteiger partial charge < -0.3 is 15.5 Å². The predicted octanol–water partition coefficient (Wildman–Crippen LogP) is 1.47. The highest BCUT2D eigenvalue weighted by molar-refractivity contribution is 5.98. The molecule has 1 aromatic carbocycles. The highest BCUT2D eigenvalue weighted by Crippen LogP contribution is 2.28. The number of carboxylic acids is 1. The van der Waals surface area contributed by atoms with Gasteiger partial charge in [0, 0.05) is 11.3 Å². The molecule has 0 aromatic heterocycles. The minimum atomic E-state index is -1.09. The molecule has 1 aromatic rings. The Morgan fingerprint density at radius 2 is 2.07 bits per heavy atom. The van der Waals surface area contributed by atoms with Crippen LogP contribution in [-0.4, -0.2) is 22.7 Å². The average molecular weight is 191 g/mol. The number of carbonyl (C=O) groups is 1. The van der Waals surface area contributed by atoms with Crippen molar-refractivity contribution in [2.45, 2.75) is 0 Å². The molecule has 0 unspecified atom stereocenters. The van der Waals surface area contributed by atoms with Gasteiger partial charge in [-0.25, -0.2) is 4.79 Å². The number of rotatable bonds is 1. The Labute approximate surface area is 80.5 Å². The van der Waals surface area contributed by atoms with Crippen LogP contribution in [0.15, 0.2) is 29.8 Å². The van der Waals surface area contributed by atoms with Crippen molar-refractivity contribution >= 4 is 17.4 Å². The molecule has 0 saturated heterocycles. The average Bonchev–Trinajstić information content (AvgIpc) is 2.18. The fraction of sp³-hybridized carbons (Fsp3) is 0.100. The molecule has 1 heterocycles. The topological polar surface area (TPSA) is 69.6 Å². The third-order valence-corrected chi connectivity index (χ3v) is 2.18. The van der Waals surface area contributed by atoms with Crippen molar-refractivity contribution in [2.75, 3.05) is 11.9 Å². The highest BCUT2D eigenvalue weighted by atomic mass is 16.4. The maximum atomic E-state index is 10.7. The molecular formula is C10H9NO3. The largest absolute Gasteiger partial charge is 0.507 e. The van der Waals surface area contributed by atoms with Gasteiger partial charge >= 0.3 is 5.97 Å². The van der Waals surface area contributed by atoms with Crippen molar-refractivity contribution in [3.63, 3.8) is 0 Å². The second kappa shape index (κ2) is 3.06. The first kappa shape index (κ1) is 8.62. The molecule has 0 fully saturated rings. The second-order valence-electron chi connectivity index (χ2n) is 3.03. The Morgan fingerprint density at radius 3 is 2.79 bits per heavy atom. The number of fused-ring (bicyclic) bond motifs is 1. The number of aliphatic carboxylic acids is 1. The first-order chi connectivity index (χ1) is 6.70. The molecule has 4 heteroatoms. The first-order valence-electron chi connectivity index (χ1n) is 4.19. The molecule has 0 aliphatic carbocycles. The number of hydrogen-bond donors (Lipinski definition) is 3. The van der Waals surface area contributed by atoms with E-state index < -0.39 is 5.97 Å². The summed E-state index contributed by atoms with van der Waals surface area (Å²) in [7, 11) is 0. The zero-order valence-electron chi connectivity index (χ0n) is 7.32. The van der Waals surface area contributed by atoms with Crippen LogP contribution < -0.4 is 5.32 Å². The number of benzene rings is 1. The van der Waals surface area contributed by atoms with E-state index >= 15 is 0 Å². The SMILES string of the molecule is O=C(O)C1=C(O)c2ccccc2NC1. The van der Waals surface area contributed by atoms with Gasteiger partial charge in [-0.2, -0.15) is 0 Å². The van der Waals surface area contributed by atoms with Gasteiger partial charge in [-0.3, -0.25) is 0 Å². The van der Waals surface area contributed by atoms with Crippen molar-refractivity contribution in [3.05, 3.63) is 35.4 Å². The molecule has 3 N–H and O–H groups in total. The van der Waals surface area contributed by atoms with Crippen molar-refractivity contribution < 1.29 is 15.0 Å². The molecule has 72 valence electrons. The third-order valence-electron chi connectivity index (χ3n) is 2.18. The van der Waals surface area contributed by atoms with E-state index in [0.717, 1.165) is 5.69 Å². The van der Waals surface area contributed by atoms with Crippen LogP contribution in [0.25, 0.3) is 5.76 Å². The van der Waals surface area contributed by atoms with Crippen LogP contribution in [0.1, 0.15) is 5.56 Å². The number of aliphatic hydroxyl groups excluding tert-OH is 1. The lowest BCUT2D eigenvalue weighted by molar-refractivity contribution is -0.132. The maximum absolute atomic E-state index is 10.7. The van der Waals surface area contributed by atoms with E-state index in [1.165, 1.54) is 0 Å². The summed E-state index contributed by atoms with van der Waals surface area (Å²) in [5.41, 5.74) is 1.30. The number of nitrogens with one attached hydrogen (secondary N) is 1. The monoisotopic (exact) mass is 191 g/mol. The fourth-order valence-electron chi connectivity index (χ4n) is 1.45. The van der Waals surface area contributed by atoms with E-state index in [-0.39, 0.29) is 17.9 Å². The molecule has 0 spiro atoms. The van der Waals surface area contributed by atoms with Crippen LogP contribution in [0.5, 0.6) is 0 Å². The van der Waals surface area contributed by atoms with E-state index in [4.69, 9.17) is 5.11 Å². The summed E-state index contributed by atoms with van der Waals surface area (Å²) in [6, 6.07) is 7.05. The number of carboxylic acid groups (broad SMARTS) is 1. The van der Waals surface area contributed by atoms with Gasteiger partial charge in [0.25, 0.3) is 0 Å². The Morgan fingerprint density at radius 1 is 1.36 bits per heavy atom. The molecule has 1 aliphatic rings. The molecule has 1 aliphatic heterocycles. The summed E-state index contributed by atoms with van der Waals surface area (Å²) in [6.45, 7) is 0.151. The van der Waals surface area contributed by atoms with Crippen LogP contribution in [-0.2, 0) is 4.79 Å². The van der Waals surface area contributed by atoms with Gasteiger partial charge in [0.1, 0.15) is 5.76 Å². The van der Waals surface area contributed by atoms with Gasteiger partial charge in [0.05, 0.1) is 12.1 Å². The number of anilines is 1. The lowest BCUT2D eigenvalue weighted by atomic mass is 10.0. The molecule has 0 bridgehead atoms. The van der Waals surface area contributed by atoms with E-state index in [2.05, 4.69) is 5.32 Å². The number of aliphatic hydroxyl groups is 1. The van der Waals surface area contributed by atoms with Gasteiger partial charge in [-0.05, 0) is 12.1 Å². The predicted molar refractivity (Wildman–Crippen MR) is 52.1 cm³/mol. The standard InChI is InChI=1S/C10H9NO3/c12-9-6-3-1-2-4-8(6)11-5-7(9)10(13)14/h1-4,11-12H,5H2,(H,13,14). The molecule has 0 saturated carbocycles. The van der Waals surface area contributed by atoms with Gasteiger partial charge in [-0.1, -0.05) is 12.1 Å². The minimum absolute atomic E-state index is 0.00343. The maximum Gasteiger partial charge on any atom is 0.337 e. The summed E-state index contributed by atoms with van der Waals surface area (Å²) in [5, 5.41) is 21.4. The number of hydrogen-bond acceptors (Lipinski definition) is 3. The van der Waals surface area contributed by atoms with Crippen molar-refractivity contribution in [2.24, 2.45) is 0 Å². The third kappa shape index (κ3) is 1.21. The zero-order chi connectivity index (χ0) is 10.1. The summed E-state index contributed by atoms with van der Waals surface area (Å²) in [5.74, 6) is -1.24. The van der Waals surface area contributed by atoms with Crippen molar-refractivity contribution in [1.29, 1.82) is 0 Å². The second-order valence-corrected chi connectivity index (χ2v) is 3.03. The lowest BCUT2D eigenvalue weighted by Gasteiger charge is -2.18. The summed E-state index contributed by atoms with van der Waals surface area (Å²) >= 11 is 0. The fourth-order valence-corrected chi connectivity index (χ4v) is 1.45. The van der Waals surface area contributed by atoms with E-state index in [1.54, 1.807) is 18.2 Å². The van der Waals surface area contributed by atoms with Gasteiger partial charge in [0.15, 0.2) is 0 Å². The van der Waals surface area contributed by atoms with Crippen LogP contribution in [0, 0.1) is 0 Å². The Kier molecular flexibility index (Phi) is 1.89. The quantitative estimate of drug-likeness (QED) is 0.628. The zero-order valence-corrected chi connectivity index (χ0v) is 7.32. The van der Waals surface area contributed by atoms with Gasteiger partial charge in [0.2, 0.25) is 0 Å². The Hall–Kier alpha value is -1.97. The van der Waals surface area contributed by atoms with E-state index in [1.807, 2.05) is 6.07 Å². The number of para-hydroxylation sites is 1. The Bertz CT molecular complexity index is 423. The summed E-state index contributed by atoms with van der Waals surface area (Å²) in [4.78, 5) is 10.7. The molecular weight excluding hydrogens is 182 g/mol. The normalized spacial score (nSPS) is 14.6. The smallest absolute Gasteiger partial charge is 0.337 e. The van der Waals surface area contributed by atoms with E-state index in [0.29, 0.717) is 5.56 Å². The lowest BCUT2D eigenvalue weighted by Crippen LogP contribution is -2.19. The highest BCUT2D eigenvalue weighted by Gasteiger charge is 2.21.